The molecular formula is C17H24FNO2. The van der Waals surface area contributed by atoms with E-state index in [-0.39, 0.29) is 17.7 Å². The second-order valence-electron chi connectivity index (χ2n) is 5.96. The van der Waals surface area contributed by atoms with Crippen LogP contribution in [0.3, 0.4) is 0 Å². The van der Waals surface area contributed by atoms with Crippen LogP contribution in [0.5, 0.6) is 0 Å². The molecule has 0 amide bonds. The third kappa shape index (κ3) is 3.20. The lowest BCUT2D eigenvalue weighted by Gasteiger charge is -2.42. The van der Waals surface area contributed by atoms with Crippen LogP contribution in [-0.2, 0) is 9.53 Å². The van der Waals surface area contributed by atoms with E-state index in [4.69, 9.17) is 4.74 Å². The Morgan fingerprint density at radius 3 is 2.81 bits per heavy atom. The molecule has 116 valence electrons. The highest BCUT2D eigenvalue weighted by atomic mass is 19.1. The van der Waals surface area contributed by atoms with E-state index in [0.717, 1.165) is 37.7 Å². The van der Waals surface area contributed by atoms with Gasteiger partial charge in [-0.15, -0.1) is 0 Å². The SMILES string of the molecule is CCC1CCCCC1(Nc1cc(C)cc(F)c1)C(=O)OC. The number of methoxy groups -OCH3 is 1. The number of nitrogens with one attached hydrogen (secondary N) is 1. The third-order valence-corrected chi connectivity index (χ3v) is 4.52. The van der Waals surface area contributed by atoms with E-state index < -0.39 is 5.54 Å². The van der Waals surface area contributed by atoms with Crippen LogP contribution in [0.25, 0.3) is 0 Å². The van der Waals surface area contributed by atoms with Crippen molar-refractivity contribution in [2.75, 3.05) is 12.4 Å². The summed E-state index contributed by atoms with van der Waals surface area (Å²) in [6.07, 6.45) is 4.73. The van der Waals surface area contributed by atoms with Gasteiger partial charge >= 0.3 is 5.97 Å². The van der Waals surface area contributed by atoms with Gasteiger partial charge in [0.05, 0.1) is 7.11 Å². The van der Waals surface area contributed by atoms with Gasteiger partial charge in [-0.25, -0.2) is 9.18 Å². The topological polar surface area (TPSA) is 38.3 Å². The van der Waals surface area contributed by atoms with Gasteiger partial charge in [-0.1, -0.05) is 26.2 Å². The molecule has 2 rings (SSSR count). The summed E-state index contributed by atoms with van der Waals surface area (Å²) in [6, 6.07) is 4.79. The number of carbonyl (C=O) groups is 1. The highest BCUT2D eigenvalue weighted by molar-refractivity contribution is 5.85. The van der Waals surface area contributed by atoms with Gasteiger partial charge in [-0.05, 0) is 49.4 Å². The van der Waals surface area contributed by atoms with Crippen molar-refractivity contribution >= 4 is 11.7 Å². The van der Waals surface area contributed by atoms with E-state index in [2.05, 4.69) is 12.2 Å². The Balaban J connectivity index is 2.37. The Morgan fingerprint density at radius 2 is 2.19 bits per heavy atom. The summed E-state index contributed by atoms with van der Waals surface area (Å²) in [6.45, 7) is 3.93. The number of rotatable bonds is 4. The maximum Gasteiger partial charge on any atom is 0.331 e. The molecule has 1 aromatic rings. The highest BCUT2D eigenvalue weighted by Crippen LogP contribution is 2.39. The minimum atomic E-state index is -0.734. The standard InChI is InChI=1S/C17H24FNO2/c1-4-13-7-5-6-8-17(13,16(20)21-3)19-15-10-12(2)9-14(18)11-15/h9-11,13,19H,4-8H2,1-3H3. The van der Waals surface area contributed by atoms with Crippen molar-refractivity contribution in [1.29, 1.82) is 0 Å². The fourth-order valence-electron chi connectivity index (χ4n) is 3.53. The fraction of sp³-hybridized carbons (Fsp3) is 0.588. The molecule has 3 nitrogen and oxygen atoms in total. The van der Waals surface area contributed by atoms with Gasteiger partial charge < -0.3 is 10.1 Å². The maximum absolute atomic E-state index is 13.6. The summed E-state index contributed by atoms with van der Waals surface area (Å²) < 4.78 is 18.7. The van der Waals surface area contributed by atoms with Crippen LogP contribution in [0.4, 0.5) is 10.1 Å². The number of esters is 1. The van der Waals surface area contributed by atoms with E-state index in [1.807, 2.05) is 13.0 Å². The van der Waals surface area contributed by atoms with Gasteiger partial charge in [0, 0.05) is 5.69 Å². The Morgan fingerprint density at radius 1 is 1.43 bits per heavy atom. The first-order valence-corrected chi connectivity index (χ1v) is 7.65. The van der Waals surface area contributed by atoms with E-state index in [0.29, 0.717) is 5.69 Å². The van der Waals surface area contributed by atoms with E-state index in [1.165, 1.54) is 19.2 Å². The zero-order chi connectivity index (χ0) is 15.5. The van der Waals surface area contributed by atoms with Crippen LogP contribution in [0, 0.1) is 18.7 Å². The lowest BCUT2D eigenvalue weighted by atomic mass is 9.71. The van der Waals surface area contributed by atoms with E-state index in [1.54, 1.807) is 0 Å². The summed E-state index contributed by atoms with van der Waals surface area (Å²) in [5.74, 6) is -0.320. The molecule has 0 spiro atoms. The Labute approximate surface area is 125 Å². The minimum Gasteiger partial charge on any atom is -0.467 e. The molecule has 0 radical (unpaired) electrons. The van der Waals surface area contributed by atoms with Crippen LogP contribution >= 0.6 is 0 Å². The first-order chi connectivity index (χ1) is 10.0. The molecule has 1 aliphatic rings. The van der Waals surface area contributed by atoms with Gasteiger partial charge in [0.1, 0.15) is 11.4 Å². The summed E-state index contributed by atoms with van der Waals surface area (Å²) in [5, 5.41) is 3.31. The van der Waals surface area contributed by atoms with Crippen molar-refractivity contribution < 1.29 is 13.9 Å². The molecule has 2 atom stereocenters. The molecule has 21 heavy (non-hydrogen) atoms. The molecule has 0 aliphatic heterocycles. The van der Waals surface area contributed by atoms with Crippen LogP contribution in [0.2, 0.25) is 0 Å². The van der Waals surface area contributed by atoms with Gasteiger partial charge in [0.15, 0.2) is 0 Å². The normalized spacial score (nSPS) is 25.4. The van der Waals surface area contributed by atoms with Crippen LogP contribution in [0.1, 0.15) is 44.6 Å². The molecule has 0 aromatic heterocycles. The number of hydrogen-bond donors (Lipinski definition) is 1. The molecule has 4 heteroatoms. The number of halogens is 1. The number of ether oxygens (including phenoxy) is 1. The predicted molar refractivity (Wildman–Crippen MR) is 81.8 cm³/mol. The van der Waals surface area contributed by atoms with Crippen molar-refractivity contribution in [2.24, 2.45) is 5.92 Å². The smallest absolute Gasteiger partial charge is 0.331 e. The summed E-state index contributed by atoms with van der Waals surface area (Å²) in [7, 11) is 1.42. The first kappa shape index (κ1) is 15.8. The average Bonchev–Trinajstić information content (AvgIpc) is 2.45. The van der Waals surface area contributed by atoms with E-state index in [9.17, 15) is 9.18 Å². The minimum absolute atomic E-state index is 0.210. The largest absolute Gasteiger partial charge is 0.467 e. The molecule has 0 bridgehead atoms. The molecule has 1 aliphatic carbocycles. The number of carbonyl (C=O) groups excluding carboxylic acids is 1. The molecule has 1 fully saturated rings. The summed E-state index contributed by atoms with van der Waals surface area (Å²) >= 11 is 0. The Kier molecular flexibility index (Phi) is 4.86. The lowest BCUT2D eigenvalue weighted by Crippen LogP contribution is -2.54. The van der Waals surface area contributed by atoms with Gasteiger partial charge in [0.2, 0.25) is 0 Å². The van der Waals surface area contributed by atoms with Crippen molar-refractivity contribution in [3.8, 4) is 0 Å². The lowest BCUT2D eigenvalue weighted by molar-refractivity contribution is -0.149. The highest BCUT2D eigenvalue weighted by Gasteiger charge is 2.47. The summed E-state index contributed by atoms with van der Waals surface area (Å²) in [4.78, 5) is 12.5. The van der Waals surface area contributed by atoms with Crippen molar-refractivity contribution in [3.63, 3.8) is 0 Å². The third-order valence-electron chi connectivity index (χ3n) is 4.52. The number of anilines is 1. The second-order valence-corrected chi connectivity index (χ2v) is 5.96. The first-order valence-electron chi connectivity index (χ1n) is 7.65. The molecule has 1 saturated carbocycles. The number of aryl methyl sites for hydroxylation is 1. The fourth-order valence-corrected chi connectivity index (χ4v) is 3.53. The average molecular weight is 293 g/mol. The van der Waals surface area contributed by atoms with Crippen LogP contribution < -0.4 is 5.32 Å². The Hall–Kier alpha value is -1.58. The number of hydrogen-bond acceptors (Lipinski definition) is 3. The molecular weight excluding hydrogens is 269 g/mol. The van der Waals surface area contributed by atoms with Gasteiger partial charge in [-0.3, -0.25) is 0 Å². The monoisotopic (exact) mass is 293 g/mol. The summed E-state index contributed by atoms with van der Waals surface area (Å²) in [5.41, 5.74) is 0.752. The molecule has 2 unspecified atom stereocenters. The number of benzene rings is 1. The van der Waals surface area contributed by atoms with Crippen LogP contribution in [0.15, 0.2) is 18.2 Å². The Bertz CT molecular complexity index is 497. The van der Waals surface area contributed by atoms with Gasteiger partial charge in [0.25, 0.3) is 0 Å². The molecule has 1 aromatic carbocycles. The zero-order valence-electron chi connectivity index (χ0n) is 13.0. The molecule has 1 N–H and O–H groups in total. The second kappa shape index (κ2) is 6.46. The van der Waals surface area contributed by atoms with E-state index >= 15 is 0 Å². The van der Waals surface area contributed by atoms with Gasteiger partial charge in [-0.2, -0.15) is 0 Å². The molecule has 0 saturated heterocycles. The quantitative estimate of drug-likeness (QED) is 0.851. The van der Waals surface area contributed by atoms with Crippen molar-refractivity contribution in [1.82, 2.24) is 0 Å². The predicted octanol–water partition coefficient (Wildman–Crippen LogP) is 4.06. The van der Waals surface area contributed by atoms with Crippen molar-refractivity contribution in [2.45, 2.75) is 51.5 Å². The van der Waals surface area contributed by atoms with Crippen molar-refractivity contribution in [3.05, 3.63) is 29.6 Å². The molecule has 0 heterocycles. The van der Waals surface area contributed by atoms with Crippen LogP contribution in [-0.4, -0.2) is 18.6 Å². The zero-order valence-corrected chi connectivity index (χ0v) is 13.0. The maximum atomic E-state index is 13.6.